The largest absolute Gasteiger partial charge is 0.455 e. The lowest BCUT2D eigenvalue weighted by atomic mass is 9.90. The molecule has 55 heavy (non-hydrogen) atoms. The van der Waals surface area contributed by atoms with Crippen LogP contribution in [0.25, 0.3) is 100 Å². The summed E-state index contributed by atoms with van der Waals surface area (Å²) in [6.45, 7) is 0. The van der Waals surface area contributed by atoms with E-state index in [9.17, 15) is 0 Å². The monoisotopic (exact) mass is 703 g/mol. The second kappa shape index (κ2) is 13.8. The molecule has 0 aliphatic rings. The molecule has 4 nitrogen and oxygen atoms in total. The first-order chi connectivity index (χ1) is 27.2. The van der Waals surface area contributed by atoms with Gasteiger partial charge in [-0.1, -0.05) is 146 Å². The highest BCUT2D eigenvalue weighted by atomic mass is 16.3. The van der Waals surface area contributed by atoms with Crippen molar-refractivity contribution in [3.8, 4) is 78.5 Å². The summed E-state index contributed by atoms with van der Waals surface area (Å²) >= 11 is 0. The van der Waals surface area contributed by atoms with Gasteiger partial charge in [-0.2, -0.15) is 0 Å². The van der Waals surface area contributed by atoms with Crippen molar-refractivity contribution in [2.75, 3.05) is 0 Å². The van der Waals surface area contributed by atoms with Crippen molar-refractivity contribution in [3.05, 3.63) is 200 Å². The van der Waals surface area contributed by atoms with Crippen molar-refractivity contribution in [1.82, 2.24) is 15.0 Å². The molecule has 4 heteroatoms. The van der Waals surface area contributed by atoms with Crippen LogP contribution in [0, 0.1) is 0 Å². The average Bonchev–Trinajstić information content (AvgIpc) is 3.66. The number of pyridine rings is 1. The first-order valence-corrected chi connectivity index (χ1v) is 18.4. The molecular formula is C51H33N3O. The summed E-state index contributed by atoms with van der Waals surface area (Å²) in [5.74, 6) is 0.660. The summed E-state index contributed by atoms with van der Waals surface area (Å²) in [7, 11) is 0. The fourth-order valence-corrected chi connectivity index (χ4v) is 7.50. The van der Waals surface area contributed by atoms with E-state index >= 15 is 0 Å². The second-order valence-corrected chi connectivity index (χ2v) is 13.6. The molecule has 0 aliphatic carbocycles. The molecule has 10 rings (SSSR count). The highest BCUT2D eigenvalue weighted by Crippen LogP contribution is 2.41. The Morgan fingerprint density at radius 2 is 0.855 bits per heavy atom. The topological polar surface area (TPSA) is 51.8 Å². The lowest BCUT2D eigenvalue weighted by molar-refractivity contribution is 0.670. The van der Waals surface area contributed by atoms with E-state index in [4.69, 9.17) is 14.4 Å². The standard InChI is InChI=1S/C51H33N3O/c1-3-15-34(16-4-1)41-21-7-8-22-42(41)38-30-39(43-24-14-25-45-44-23-9-10-27-49(44)55-50(43)45)32-40(31-38)48-33-47(53-51(54-48)35-17-5-2-6-18-35)37-20-13-19-36(29-37)46-26-11-12-28-52-46/h1-33H. The molecule has 258 valence electrons. The Morgan fingerprint density at radius 1 is 0.327 bits per heavy atom. The van der Waals surface area contributed by atoms with Gasteiger partial charge in [0.05, 0.1) is 17.1 Å². The third kappa shape index (κ3) is 6.16. The van der Waals surface area contributed by atoms with Crippen molar-refractivity contribution in [1.29, 1.82) is 0 Å². The fraction of sp³-hybridized carbons (Fsp3) is 0. The molecule has 0 radical (unpaired) electrons. The van der Waals surface area contributed by atoms with Gasteiger partial charge in [-0.3, -0.25) is 4.98 Å². The van der Waals surface area contributed by atoms with E-state index in [0.717, 1.165) is 94.7 Å². The highest BCUT2D eigenvalue weighted by Gasteiger charge is 2.18. The zero-order valence-electron chi connectivity index (χ0n) is 29.8. The van der Waals surface area contributed by atoms with Crippen LogP contribution in [0.2, 0.25) is 0 Å². The Morgan fingerprint density at radius 3 is 1.62 bits per heavy atom. The van der Waals surface area contributed by atoms with E-state index in [2.05, 4.69) is 151 Å². The number of furan rings is 1. The number of fused-ring (bicyclic) bond motifs is 3. The molecule has 0 saturated heterocycles. The fourth-order valence-electron chi connectivity index (χ4n) is 7.50. The van der Waals surface area contributed by atoms with Crippen LogP contribution in [-0.4, -0.2) is 15.0 Å². The van der Waals surface area contributed by atoms with Crippen LogP contribution in [0.15, 0.2) is 205 Å². The molecule has 0 aliphatic heterocycles. The van der Waals surface area contributed by atoms with Crippen LogP contribution in [0.1, 0.15) is 0 Å². The van der Waals surface area contributed by atoms with Crippen LogP contribution in [0.3, 0.4) is 0 Å². The molecule has 0 bridgehead atoms. The van der Waals surface area contributed by atoms with Gasteiger partial charge < -0.3 is 4.42 Å². The number of aromatic nitrogens is 3. The van der Waals surface area contributed by atoms with Gasteiger partial charge in [-0.25, -0.2) is 9.97 Å². The van der Waals surface area contributed by atoms with E-state index in [1.807, 2.05) is 54.7 Å². The van der Waals surface area contributed by atoms with Gasteiger partial charge in [0.15, 0.2) is 5.82 Å². The predicted molar refractivity (Wildman–Crippen MR) is 225 cm³/mol. The third-order valence-electron chi connectivity index (χ3n) is 10.1. The van der Waals surface area contributed by atoms with E-state index < -0.39 is 0 Å². The van der Waals surface area contributed by atoms with Crippen LogP contribution < -0.4 is 0 Å². The second-order valence-electron chi connectivity index (χ2n) is 13.6. The van der Waals surface area contributed by atoms with Gasteiger partial charge in [0.2, 0.25) is 0 Å². The van der Waals surface area contributed by atoms with Gasteiger partial charge in [-0.15, -0.1) is 0 Å². The van der Waals surface area contributed by atoms with Gasteiger partial charge in [0.25, 0.3) is 0 Å². The molecule has 0 spiro atoms. The van der Waals surface area contributed by atoms with Crippen LogP contribution >= 0.6 is 0 Å². The van der Waals surface area contributed by atoms with Crippen molar-refractivity contribution >= 4 is 21.9 Å². The molecule has 0 N–H and O–H groups in total. The van der Waals surface area contributed by atoms with Gasteiger partial charge in [0, 0.05) is 44.8 Å². The van der Waals surface area contributed by atoms with E-state index in [1.54, 1.807) is 0 Å². The number of hydrogen-bond donors (Lipinski definition) is 0. The minimum absolute atomic E-state index is 0.660. The van der Waals surface area contributed by atoms with E-state index in [1.165, 1.54) is 0 Å². The molecule has 0 amide bonds. The summed E-state index contributed by atoms with van der Waals surface area (Å²) in [4.78, 5) is 15.1. The van der Waals surface area contributed by atoms with Crippen LogP contribution in [-0.2, 0) is 0 Å². The first kappa shape index (κ1) is 32.2. The molecular weight excluding hydrogens is 671 g/mol. The lowest BCUT2D eigenvalue weighted by Gasteiger charge is -2.15. The minimum Gasteiger partial charge on any atom is -0.455 e. The number of benzene rings is 7. The number of para-hydroxylation sites is 2. The zero-order valence-corrected chi connectivity index (χ0v) is 29.8. The van der Waals surface area contributed by atoms with Crippen molar-refractivity contribution in [3.63, 3.8) is 0 Å². The maximum absolute atomic E-state index is 6.59. The summed E-state index contributed by atoms with van der Waals surface area (Å²) < 4.78 is 6.59. The van der Waals surface area contributed by atoms with E-state index in [0.29, 0.717) is 5.82 Å². The quantitative estimate of drug-likeness (QED) is 0.166. The van der Waals surface area contributed by atoms with Gasteiger partial charge >= 0.3 is 0 Å². The highest BCUT2D eigenvalue weighted by molar-refractivity contribution is 6.10. The van der Waals surface area contributed by atoms with Crippen molar-refractivity contribution in [2.45, 2.75) is 0 Å². The minimum atomic E-state index is 0.660. The Hall–Kier alpha value is -7.43. The molecule has 0 fully saturated rings. The molecule has 3 heterocycles. The molecule has 0 unspecified atom stereocenters. The first-order valence-electron chi connectivity index (χ1n) is 18.4. The van der Waals surface area contributed by atoms with Gasteiger partial charge in [-0.05, 0) is 76.3 Å². The number of rotatable bonds is 7. The summed E-state index contributed by atoms with van der Waals surface area (Å²) in [6.07, 6.45) is 1.82. The Bertz CT molecular complexity index is 2970. The molecule has 7 aromatic carbocycles. The predicted octanol–water partition coefficient (Wildman–Crippen LogP) is 13.4. The summed E-state index contributed by atoms with van der Waals surface area (Å²) in [5.41, 5.74) is 14.8. The number of nitrogens with zero attached hydrogens (tertiary/aromatic N) is 3. The van der Waals surface area contributed by atoms with Crippen molar-refractivity contribution in [2.24, 2.45) is 0 Å². The maximum atomic E-state index is 6.59. The maximum Gasteiger partial charge on any atom is 0.160 e. The molecule has 0 atom stereocenters. The number of hydrogen-bond acceptors (Lipinski definition) is 4. The Labute approximate surface area is 319 Å². The normalized spacial score (nSPS) is 11.3. The lowest BCUT2D eigenvalue weighted by Crippen LogP contribution is -1.97. The van der Waals surface area contributed by atoms with Crippen molar-refractivity contribution < 1.29 is 4.42 Å². The zero-order chi connectivity index (χ0) is 36.6. The molecule has 10 aromatic rings. The third-order valence-corrected chi connectivity index (χ3v) is 10.1. The van der Waals surface area contributed by atoms with Crippen LogP contribution in [0.5, 0.6) is 0 Å². The average molecular weight is 704 g/mol. The molecule has 0 saturated carbocycles. The summed E-state index contributed by atoms with van der Waals surface area (Å²) in [5, 5.41) is 2.19. The van der Waals surface area contributed by atoms with E-state index in [-0.39, 0.29) is 0 Å². The van der Waals surface area contributed by atoms with Crippen LogP contribution in [0.4, 0.5) is 0 Å². The van der Waals surface area contributed by atoms with Gasteiger partial charge in [0.1, 0.15) is 11.2 Å². The smallest absolute Gasteiger partial charge is 0.160 e. The summed E-state index contributed by atoms with van der Waals surface area (Å²) in [6, 6.07) is 67.3. The SMILES string of the molecule is c1ccc(-c2nc(-c3cccc(-c4ccccn4)c3)cc(-c3cc(-c4ccccc4-c4ccccc4)cc(-c4cccc5c4oc4ccccc45)c3)n2)cc1. The Balaban J connectivity index is 1.22. The molecule has 3 aromatic heterocycles. The Kier molecular flexibility index (Phi) is 8.12.